The summed E-state index contributed by atoms with van der Waals surface area (Å²) in [5.74, 6) is 0.827. The molecule has 2 aromatic carbocycles. The van der Waals surface area contributed by atoms with E-state index in [2.05, 4.69) is 20.3 Å². The van der Waals surface area contributed by atoms with Crippen LogP contribution in [0.2, 0.25) is 5.02 Å². The normalized spacial score (nSPS) is 17.9. The molecule has 3 N–H and O–H groups in total. The van der Waals surface area contributed by atoms with Crippen molar-refractivity contribution in [1.29, 1.82) is 0 Å². The number of hydrogen-bond acceptors (Lipinski definition) is 7. The van der Waals surface area contributed by atoms with E-state index in [9.17, 15) is 13.2 Å². The number of rotatable bonds is 5. The molecule has 11 heteroatoms. The standard InChI is InChI=1S/C24H23ClN6O3S/c1-26-35(33,34)17-4-2-16(3-5-17)29-23-28-13-18-21(30-23)31(22(32)24(18)7-8-24)20-11-14-6-9-27-12-15(14)10-19(20)25/h2-5,10-11,13,26-27H,6-9,12H2,1H3,(H,28,29,30). The monoisotopic (exact) mass is 510 g/mol. The van der Waals surface area contributed by atoms with Crippen LogP contribution in [0.1, 0.15) is 29.5 Å². The van der Waals surface area contributed by atoms with Gasteiger partial charge in [-0.1, -0.05) is 11.6 Å². The molecule has 0 unspecified atom stereocenters. The summed E-state index contributed by atoms with van der Waals surface area (Å²) >= 11 is 6.68. The second kappa shape index (κ2) is 7.99. The van der Waals surface area contributed by atoms with Crippen molar-refractivity contribution >= 4 is 50.7 Å². The first-order chi connectivity index (χ1) is 16.8. The van der Waals surface area contributed by atoms with Crippen LogP contribution in [-0.2, 0) is 33.2 Å². The number of benzene rings is 2. The molecule has 0 bridgehead atoms. The number of sulfonamides is 1. The van der Waals surface area contributed by atoms with Crippen LogP contribution >= 0.6 is 11.6 Å². The highest BCUT2D eigenvalue weighted by atomic mass is 35.5. The van der Waals surface area contributed by atoms with Crippen molar-refractivity contribution in [2.75, 3.05) is 23.8 Å². The minimum absolute atomic E-state index is 0.0173. The van der Waals surface area contributed by atoms with Gasteiger partial charge in [0.25, 0.3) is 0 Å². The van der Waals surface area contributed by atoms with Crippen LogP contribution in [0.3, 0.4) is 0 Å². The number of amides is 1. The summed E-state index contributed by atoms with van der Waals surface area (Å²) in [6.45, 7) is 1.64. The molecule has 9 nitrogen and oxygen atoms in total. The zero-order chi connectivity index (χ0) is 24.4. The topological polar surface area (TPSA) is 116 Å². The second-order valence-electron chi connectivity index (χ2n) is 9.01. The SMILES string of the molecule is CNS(=O)(=O)c1ccc(Nc2ncc3c(n2)N(c2cc4c(cc2Cl)CNCC4)C(=O)C32CC2)cc1. The van der Waals surface area contributed by atoms with E-state index >= 15 is 0 Å². The lowest BCUT2D eigenvalue weighted by Gasteiger charge is -2.23. The number of anilines is 4. The van der Waals surface area contributed by atoms with Gasteiger partial charge in [-0.15, -0.1) is 0 Å². The number of nitrogens with zero attached hydrogens (tertiary/aromatic N) is 3. The molecule has 1 aromatic heterocycles. The molecule has 0 atom stereocenters. The molecule has 2 aliphatic heterocycles. The predicted octanol–water partition coefficient (Wildman–Crippen LogP) is 3.14. The largest absolute Gasteiger partial charge is 0.324 e. The number of fused-ring (bicyclic) bond motifs is 3. The van der Waals surface area contributed by atoms with Crippen LogP contribution in [0, 0.1) is 0 Å². The van der Waals surface area contributed by atoms with Gasteiger partial charge in [0.2, 0.25) is 21.9 Å². The maximum absolute atomic E-state index is 13.6. The summed E-state index contributed by atoms with van der Waals surface area (Å²) in [7, 11) is -2.16. The maximum atomic E-state index is 13.6. The average Bonchev–Trinajstić information content (AvgIpc) is 3.63. The third kappa shape index (κ3) is 3.59. The van der Waals surface area contributed by atoms with E-state index in [1.165, 1.54) is 24.7 Å². The number of halogens is 1. The van der Waals surface area contributed by atoms with Crippen molar-refractivity contribution in [1.82, 2.24) is 20.0 Å². The molecule has 180 valence electrons. The highest BCUT2D eigenvalue weighted by Gasteiger charge is 2.61. The molecule has 1 amide bonds. The van der Waals surface area contributed by atoms with Gasteiger partial charge in [-0.25, -0.2) is 18.1 Å². The fraction of sp³-hybridized carbons (Fsp3) is 0.292. The van der Waals surface area contributed by atoms with Crippen LogP contribution in [0.25, 0.3) is 0 Å². The lowest BCUT2D eigenvalue weighted by Crippen LogP contribution is -2.29. The summed E-state index contributed by atoms with van der Waals surface area (Å²) < 4.78 is 26.2. The Kier molecular flexibility index (Phi) is 5.12. The zero-order valence-electron chi connectivity index (χ0n) is 18.9. The maximum Gasteiger partial charge on any atom is 0.243 e. The third-order valence-corrected chi connectivity index (χ3v) is 8.68. The third-order valence-electron chi connectivity index (χ3n) is 6.94. The van der Waals surface area contributed by atoms with E-state index in [4.69, 9.17) is 16.6 Å². The molecule has 1 fully saturated rings. The molecule has 3 aromatic rings. The Balaban J connectivity index is 1.37. The quantitative estimate of drug-likeness (QED) is 0.483. The zero-order valence-corrected chi connectivity index (χ0v) is 20.5. The molecule has 1 aliphatic carbocycles. The first kappa shape index (κ1) is 22.4. The van der Waals surface area contributed by atoms with Gasteiger partial charge in [0.1, 0.15) is 5.82 Å². The van der Waals surface area contributed by atoms with E-state index in [0.29, 0.717) is 28.2 Å². The van der Waals surface area contributed by atoms with E-state index < -0.39 is 15.4 Å². The van der Waals surface area contributed by atoms with Crippen LogP contribution in [-0.4, -0.2) is 37.9 Å². The minimum Gasteiger partial charge on any atom is -0.324 e. The highest BCUT2D eigenvalue weighted by Crippen LogP contribution is 2.59. The van der Waals surface area contributed by atoms with Crippen LogP contribution in [0.15, 0.2) is 47.5 Å². The first-order valence-corrected chi connectivity index (χ1v) is 13.2. The number of carbonyl (C=O) groups excluding carboxylic acids is 1. The fourth-order valence-electron chi connectivity index (χ4n) is 4.82. The lowest BCUT2D eigenvalue weighted by atomic mass is 9.99. The van der Waals surface area contributed by atoms with Crippen LogP contribution in [0.5, 0.6) is 0 Å². The first-order valence-electron chi connectivity index (χ1n) is 11.4. The van der Waals surface area contributed by atoms with E-state index in [0.717, 1.165) is 43.5 Å². The summed E-state index contributed by atoms with van der Waals surface area (Å²) in [4.78, 5) is 24.6. The number of hydrogen-bond donors (Lipinski definition) is 3. The van der Waals surface area contributed by atoms with E-state index in [1.54, 1.807) is 23.2 Å². The number of carbonyl (C=O) groups is 1. The summed E-state index contributed by atoms with van der Waals surface area (Å²) in [5, 5.41) is 6.97. The van der Waals surface area contributed by atoms with Gasteiger partial charge in [0.15, 0.2) is 0 Å². The van der Waals surface area contributed by atoms with Gasteiger partial charge in [0.05, 0.1) is 21.0 Å². The molecule has 6 rings (SSSR count). The predicted molar refractivity (Wildman–Crippen MR) is 133 cm³/mol. The second-order valence-corrected chi connectivity index (χ2v) is 11.3. The molecule has 3 heterocycles. The molecule has 3 aliphatic rings. The van der Waals surface area contributed by atoms with Crippen molar-refractivity contribution in [3.63, 3.8) is 0 Å². The number of nitrogens with one attached hydrogen (secondary N) is 3. The van der Waals surface area contributed by atoms with Crippen LogP contribution in [0.4, 0.5) is 23.1 Å². The van der Waals surface area contributed by atoms with Crippen molar-refractivity contribution in [3.8, 4) is 0 Å². The smallest absolute Gasteiger partial charge is 0.243 e. The van der Waals surface area contributed by atoms with Crippen molar-refractivity contribution in [2.45, 2.75) is 36.1 Å². The van der Waals surface area contributed by atoms with Gasteiger partial charge in [-0.05, 0) is 80.4 Å². The summed E-state index contributed by atoms with van der Waals surface area (Å²) in [6.07, 6.45) is 4.11. The van der Waals surface area contributed by atoms with Gasteiger partial charge in [-0.3, -0.25) is 9.69 Å². The van der Waals surface area contributed by atoms with Crippen LogP contribution < -0.4 is 20.3 Å². The average molecular weight is 511 g/mol. The Labute approximate surface area is 208 Å². The molecule has 1 saturated carbocycles. The van der Waals surface area contributed by atoms with E-state index in [-0.39, 0.29) is 10.8 Å². The van der Waals surface area contributed by atoms with Crippen molar-refractivity contribution in [3.05, 3.63) is 64.3 Å². The molecule has 0 saturated heterocycles. The fourth-order valence-corrected chi connectivity index (χ4v) is 5.82. The molecule has 35 heavy (non-hydrogen) atoms. The summed E-state index contributed by atoms with van der Waals surface area (Å²) in [6, 6.07) is 10.2. The Morgan fingerprint density at radius 3 is 2.63 bits per heavy atom. The van der Waals surface area contributed by atoms with E-state index in [1.807, 2.05) is 12.1 Å². The minimum atomic E-state index is -3.53. The Morgan fingerprint density at radius 1 is 1.14 bits per heavy atom. The Morgan fingerprint density at radius 2 is 1.91 bits per heavy atom. The molecular weight excluding hydrogens is 488 g/mol. The van der Waals surface area contributed by atoms with Gasteiger partial charge < -0.3 is 10.6 Å². The van der Waals surface area contributed by atoms with Gasteiger partial charge in [0, 0.05) is 24.0 Å². The van der Waals surface area contributed by atoms with Gasteiger partial charge in [-0.2, -0.15) is 4.98 Å². The van der Waals surface area contributed by atoms with Crippen molar-refractivity contribution < 1.29 is 13.2 Å². The molecule has 1 spiro atoms. The highest BCUT2D eigenvalue weighted by molar-refractivity contribution is 7.89. The lowest BCUT2D eigenvalue weighted by molar-refractivity contribution is -0.119. The Hall–Kier alpha value is -3.05. The number of aromatic nitrogens is 2. The molecule has 0 radical (unpaired) electrons. The summed E-state index contributed by atoms with van der Waals surface area (Å²) in [5.41, 5.74) is 3.84. The van der Waals surface area contributed by atoms with Gasteiger partial charge >= 0.3 is 0 Å². The molecular formula is C24H23ClN6O3S. The Bertz CT molecular complexity index is 1470. The van der Waals surface area contributed by atoms with Crippen molar-refractivity contribution in [2.24, 2.45) is 0 Å².